The summed E-state index contributed by atoms with van der Waals surface area (Å²) in [6, 6.07) is 3.63. The molecule has 108 valence electrons. The third kappa shape index (κ3) is 2.99. The summed E-state index contributed by atoms with van der Waals surface area (Å²) in [5.74, 6) is -1.37. The van der Waals surface area contributed by atoms with Gasteiger partial charge in [0.1, 0.15) is 11.9 Å². The Bertz CT molecular complexity index is 622. The summed E-state index contributed by atoms with van der Waals surface area (Å²) >= 11 is 0. The average Bonchev–Trinajstić information content (AvgIpc) is 2.73. The molecule has 20 heavy (non-hydrogen) atoms. The number of hydrogen-bond donors (Lipinski definition) is 2. The SMILES string of the molecule is CCCCn1cc(C[C@H](N)C(=O)O)c2cc(F)ccc21. The maximum atomic E-state index is 13.4. The van der Waals surface area contributed by atoms with Crippen LogP contribution in [-0.2, 0) is 17.8 Å². The molecule has 0 saturated carbocycles. The fourth-order valence-electron chi connectivity index (χ4n) is 2.34. The lowest BCUT2D eigenvalue weighted by atomic mass is 10.1. The van der Waals surface area contributed by atoms with Crippen molar-refractivity contribution in [1.29, 1.82) is 0 Å². The Morgan fingerprint density at radius 1 is 1.50 bits per heavy atom. The number of aliphatic carboxylic acids is 1. The largest absolute Gasteiger partial charge is 0.480 e. The smallest absolute Gasteiger partial charge is 0.320 e. The van der Waals surface area contributed by atoms with Crippen molar-refractivity contribution in [3.63, 3.8) is 0 Å². The Balaban J connectivity index is 2.42. The van der Waals surface area contributed by atoms with Crippen LogP contribution in [0.1, 0.15) is 25.3 Å². The highest BCUT2D eigenvalue weighted by molar-refractivity contribution is 5.85. The van der Waals surface area contributed by atoms with Crippen LogP contribution in [0.4, 0.5) is 4.39 Å². The standard InChI is InChI=1S/C15H19FN2O2/c1-2-3-6-18-9-10(7-13(17)15(19)20)12-8-11(16)4-5-14(12)18/h4-5,8-9,13H,2-3,6-7,17H2,1H3,(H,19,20)/t13-/m0/s1. The van der Waals surface area contributed by atoms with E-state index in [0.29, 0.717) is 0 Å². The highest BCUT2D eigenvalue weighted by atomic mass is 19.1. The molecule has 5 heteroatoms. The molecule has 0 aliphatic heterocycles. The third-order valence-electron chi connectivity index (χ3n) is 3.44. The molecule has 0 aliphatic rings. The van der Waals surface area contributed by atoms with Gasteiger partial charge < -0.3 is 15.4 Å². The molecule has 0 saturated heterocycles. The topological polar surface area (TPSA) is 68.2 Å². The predicted octanol–water partition coefficient (Wildman–Crippen LogP) is 2.53. The van der Waals surface area contributed by atoms with Gasteiger partial charge in [0.05, 0.1) is 0 Å². The Morgan fingerprint density at radius 3 is 2.90 bits per heavy atom. The molecule has 0 bridgehead atoms. The van der Waals surface area contributed by atoms with Crippen LogP contribution in [0.3, 0.4) is 0 Å². The van der Waals surface area contributed by atoms with Crippen LogP contribution in [0.15, 0.2) is 24.4 Å². The number of carboxylic acids is 1. The van der Waals surface area contributed by atoms with Crippen molar-refractivity contribution in [2.45, 2.75) is 38.8 Å². The normalized spacial score (nSPS) is 12.8. The van der Waals surface area contributed by atoms with Crippen LogP contribution in [0, 0.1) is 5.82 Å². The Labute approximate surface area is 117 Å². The van der Waals surface area contributed by atoms with Crippen molar-refractivity contribution in [1.82, 2.24) is 4.57 Å². The van der Waals surface area contributed by atoms with Crippen molar-refractivity contribution in [3.05, 3.63) is 35.8 Å². The summed E-state index contributed by atoms with van der Waals surface area (Å²) < 4.78 is 15.5. The second kappa shape index (κ2) is 6.05. The second-order valence-electron chi connectivity index (χ2n) is 5.01. The van der Waals surface area contributed by atoms with E-state index in [1.165, 1.54) is 12.1 Å². The van der Waals surface area contributed by atoms with E-state index in [0.717, 1.165) is 35.9 Å². The van der Waals surface area contributed by atoms with Gasteiger partial charge in [0.25, 0.3) is 0 Å². The summed E-state index contributed by atoms with van der Waals surface area (Å²) in [6.45, 7) is 2.94. The van der Waals surface area contributed by atoms with Crippen LogP contribution in [0.2, 0.25) is 0 Å². The van der Waals surface area contributed by atoms with E-state index in [2.05, 4.69) is 6.92 Å². The minimum atomic E-state index is -1.05. The van der Waals surface area contributed by atoms with Crippen molar-refractivity contribution in [2.24, 2.45) is 5.73 Å². The number of fused-ring (bicyclic) bond motifs is 1. The molecule has 2 rings (SSSR count). The van der Waals surface area contributed by atoms with Crippen LogP contribution in [0.5, 0.6) is 0 Å². The van der Waals surface area contributed by atoms with E-state index in [1.807, 2.05) is 10.8 Å². The van der Waals surface area contributed by atoms with Crippen LogP contribution < -0.4 is 5.73 Å². The number of aryl methyl sites for hydroxylation is 1. The molecule has 0 aliphatic carbocycles. The van der Waals surface area contributed by atoms with Crippen LogP contribution >= 0.6 is 0 Å². The van der Waals surface area contributed by atoms with E-state index in [-0.39, 0.29) is 12.2 Å². The molecule has 1 aromatic heterocycles. The van der Waals surface area contributed by atoms with Crippen LogP contribution in [-0.4, -0.2) is 21.7 Å². The first-order valence-electron chi connectivity index (χ1n) is 6.78. The van der Waals surface area contributed by atoms with E-state index in [9.17, 15) is 9.18 Å². The maximum absolute atomic E-state index is 13.4. The van der Waals surface area contributed by atoms with E-state index in [1.54, 1.807) is 6.07 Å². The summed E-state index contributed by atoms with van der Waals surface area (Å²) in [7, 11) is 0. The van der Waals surface area contributed by atoms with Crippen LogP contribution in [0.25, 0.3) is 10.9 Å². The van der Waals surface area contributed by atoms with Gasteiger partial charge in [0.15, 0.2) is 0 Å². The second-order valence-corrected chi connectivity index (χ2v) is 5.01. The van der Waals surface area contributed by atoms with Crippen molar-refractivity contribution in [3.8, 4) is 0 Å². The zero-order valence-corrected chi connectivity index (χ0v) is 11.5. The summed E-state index contributed by atoms with van der Waals surface area (Å²) in [5.41, 5.74) is 7.29. The number of nitrogens with two attached hydrogens (primary N) is 1. The predicted molar refractivity (Wildman–Crippen MR) is 76.1 cm³/mol. The van der Waals surface area contributed by atoms with E-state index < -0.39 is 12.0 Å². The number of aromatic nitrogens is 1. The van der Waals surface area contributed by atoms with Gasteiger partial charge in [-0.2, -0.15) is 0 Å². The van der Waals surface area contributed by atoms with Gasteiger partial charge in [-0.05, 0) is 30.2 Å². The van der Waals surface area contributed by atoms with Crippen molar-refractivity contribution in [2.75, 3.05) is 0 Å². The summed E-state index contributed by atoms with van der Waals surface area (Å²) in [6.07, 6.45) is 4.17. The first kappa shape index (κ1) is 14.5. The summed E-state index contributed by atoms with van der Waals surface area (Å²) in [5, 5.41) is 9.66. The first-order chi connectivity index (χ1) is 9.52. The number of carbonyl (C=O) groups is 1. The van der Waals surface area contributed by atoms with Gasteiger partial charge in [-0.1, -0.05) is 13.3 Å². The van der Waals surface area contributed by atoms with Gasteiger partial charge >= 0.3 is 5.97 Å². The molecule has 3 N–H and O–H groups in total. The maximum Gasteiger partial charge on any atom is 0.320 e. The third-order valence-corrected chi connectivity index (χ3v) is 3.44. The zero-order chi connectivity index (χ0) is 14.7. The molecule has 4 nitrogen and oxygen atoms in total. The minimum absolute atomic E-state index is 0.203. The number of unbranched alkanes of at least 4 members (excludes halogenated alkanes) is 1. The fourth-order valence-corrected chi connectivity index (χ4v) is 2.34. The monoisotopic (exact) mass is 278 g/mol. The molecule has 1 heterocycles. The fraction of sp³-hybridized carbons (Fsp3) is 0.400. The number of rotatable bonds is 6. The lowest BCUT2D eigenvalue weighted by Crippen LogP contribution is -2.32. The van der Waals surface area contributed by atoms with Gasteiger partial charge in [-0.3, -0.25) is 4.79 Å². The van der Waals surface area contributed by atoms with Crippen molar-refractivity contribution >= 4 is 16.9 Å². The van der Waals surface area contributed by atoms with Gasteiger partial charge in [0, 0.05) is 30.1 Å². The lowest BCUT2D eigenvalue weighted by Gasteiger charge is -2.04. The van der Waals surface area contributed by atoms with Gasteiger partial charge in [-0.25, -0.2) is 4.39 Å². The quantitative estimate of drug-likeness (QED) is 0.853. The molecular formula is C15H19FN2O2. The number of carboxylic acid groups (broad SMARTS) is 1. The van der Waals surface area contributed by atoms with E-state index in [4.69, 9.17) is 10.8 Å². The molecule has 0 amide bonds. The minimum Gasteiger partial charge on any atom is -0.480 e. The zero-order valence-electron chi connectivity index (χ0n) is 11.5. The molecule has 0 spiro atoms. The Morgan fingerprint density at radius 2 is 2.25 bits per heavy atom. The van der Waals surface area contributed by atoms with Crippen molar-refractivity contribution < 1.29 is 14.3 Å². The van der Waals surface area contributed by atoms with Gasteiger partial charge in [-0.15, -0.1) is 0 Å². The number of benzene rings is 1. The molecule has 2 aromatic rings. The Hall–Kier alpha value is -1.88. The molecule has 0 radical (unpaired) electrons. The summed E-state index contributed by atoms with van der Waals surface area (Å²) in [4.78, 5) is 10.9. The molecule has 0 unspecified atom stereocenters. The average molecular weight is 278 g/mol. The highest BCUT2D eigenvalue weighted by Gasteiger charge is 2.16. The van der Waals surface area contributed by atoms with E-state index >= 15 is 0 Å². The molecule has 1 aromatic carbocycles. The number of hydrogen-bond acceptors (Lipinski definition) is 2. The Kier molecular flexibility index (Phi) is 4.39. The molecular weight excluding hydrogens is 259 g/mol. The molecule has 0 fully saturated rings. The number of nitrogens with zero attached hydrogens (tertiary/aromatic N) is 1. The number of halogens is 1. The van der Waals surface area contributed by atoms with Gasteiger partial charge in [0.2, 0.25) is 0 Å². The lowest BCUT2D eigenvalue weighted by molar-refractivity contribution is -0.138. The first-order valence-corrected chi connectivity index (χ1v) is 6.78. The highest BCUT2D eigenvalue weighted by Crippen LogP contribution is 2.24. The molecule has 1 atom stereocenters.